The number of benzene rings is 4. The number of nitriles is 1. The lowest BCUT2D eigenvalue weighted by molar-refractivity contribution is -0.114. The second-order valence-corrected chi connectivity index (χ2v) is 10.9. The number of carbonyl (C=O) groups excluding carboxylic acids is 2. The molecule has 0 bridgehead atoms. The van der Waals surface area contributed by atoms with E-state index in [9.17, 15) is 14.9 Å². The molecule has 1 aromatic heterocycles. The zero-order valence-electron chi connectivity index (χ0n) is 23.5. The maximum absolute atomic E-state index is 13.1. The van der Waals surface area contributed by atoms with Gasteiger partial charge in [-0.1, -0.05) is 48.5 Å². The van der Waals surface area contributed by atoms with Crippen molar-refractivity contribution in [3.63, 3.8) is 0 Å². The highest BCUT2D eigenvalue weighted by molar-refractivity contribution is 6.13. The molecule has 5 aromatic rings. The van der Waals surface area contributed by atoms with E-state index < -0.39 is 0 Å². The second-order valence-electron chi connectivity index (χ2n) is 10.9. The van der Waals surface area contributed by atoms with Gasteiger partial charge in [-0.2, -0.15) is 5.26 Å². The Morgan fingerprint density at radius 3 is 2.45 bits per heavy atom. The number of piperidine rings is 1. The summed E-state index contributed by atoms with van der Waals surface area (Å²) < 4.78 is 6.11. The first-order chi connectivity index (χ1) is 20.5. The van der Waals surface area contributed by atoms with Crippen molar-refractivity contribution in [3.05, 3.63) is 102 Å². The number of amides is 2. The molecule has 0 atom stereocenters. The molecule has 0 spiro atoms. The third kappa shape index (κ3) is 5.76. The Morgan fingerprint density at radius 1 is 0.952 bits per heavy atom. The Morgan fingerprint density at radius 2 is 1.71 bits per heavy atom. The van der Waals surface area contributed by atoms with Crippen LogP contribution in [0.3, 0.4) is 0 Å². The summed E-state index contributed by atoms with van der Waals surface area (Å²) in [6.07, 6.45) is 2.07. The van der Waals surface area contributed by atoms with Crippen LogP contribution in [0.2, 0.25) is 0 Å². The summed E-state index contributed by atoms with van der Waals surface area (Å²) in [5.74, 6) is 0.474. The van der Waals surface area contributed by atoms with E-state index in [1.165, 1.54) is 12.5 Å². The lowest BCUT2D eigenvalue weighted by atomic mass is 9.89. The number of hydrogen-bond donors (Lipinski definition) is 2. The molecule has 7 nitrogen and oxygen atoms in total. The average Bonchev–Trinajstić information content (AvgIpc) is 3.46. The molecule has 1 aliphatic heterocycles. The summed E-state index contributed by atoms with van der Waals surface area (Å²) in [4.78, 5) is 26.9. The van der Waals surface area contributed by atoms with Gasteiger partial charge in [0.2, 0.25) is 5.91 Å². The first-order valence-electron chi connectivity index (χ1n) is 14.3. The number of likely N-dealkylation sites (tertiary alicyclic amines) is 1. The number of nitrogens with one attached hydrogen (secondary N) is 2. The van der Waals surface area contributed by atoms with Gasteiger partial charge in [-0.15, -0.1) is 0 Å². The molecule has 1 saturated heterocycles. The second kappa shape index (κ2) is 11.9. The minimum absolute atomic E-state index is 0.0622. The number of carbonyl (C=O) groups is 2. The Bertz CT molecular complexity index is 1810. The number of hydrogen-bond acceptors (Lipinski definition) is 5. The summed E-state index contributed by atoms with van der Waals surface area (Å²) in [5, 5.41) is 17.9. The van der Waals surface area contributed by atoms with Gasteiger partial charge in [-0.05, 0) is 90.3 Å². The molecule has 2 amide bonds. The van der Waals surface area contributed by atoms with Crippen LogP contribution >= 0.6 is 0 Å². The van der Waals surface area contributed by atoms with E-state index in [1.807, 2.05) is 66.7 Å². The van der Waals surface area contributed by atoms with Gasteiger partial charge in [-0.3, -0.25) is 9.59 Å². The van der Waals surface area contributed by atoms with E-state index in [0.717, 1.165) is 65.4 Å². The van der Waals surface area contributed by atoms with E-state index in [0.29, 0.717) is 29.4 Å². The van der Waals surface area contributed by atoms with Crippen LogP contribution in [0.5, 0.6) is 0 Å². The van der Waals surface area contributed by atoms with Crippen molar-refractivity contribution < 1.29 is 14.0 Å². The zero-order valence-corrected chi connectivity index (χ0v) is 23.5. The molecular weight excluding hydrogens is 524 g/mol. The summed E-state index contributed by atoms with van der Waals surface area (Å²) in [7, 11) is 0. The predicted molar refractivity (Wildman–Crippen MR) is 165 cm³/mol. The number of furan rings is 1. The Kier molecular flexibility index (Phi) is 7.72. The maximum atomic E-state index is 13.1. The third-order valence-electron chi connectivity index (χ3n) is 8.05. The van der Waals surface area contributed by atoms with Crippen LogP contribution in [-0.2, 0) is 4.79 Å². The minimum Gasteiger partial charge on any atom is -0.450 e. The maximum Gasteiger partial charge on any atom is 0.287 e. The Hall–Kier alpha value is -4.93. The molecule has 2 N–H and O–H groups in total. The number of rotatable bonds is 7. The molecule has 42 heavy (non-hydrogen) atoms. The minimum atomic E-state index is -0.222. The van der Waals surface area contributed by atoms with Crippen molar-refractivity contribution in [2.24, 2.45) is 0 Å². The zero-order chi connectivity index (χ0) is 29.1. The van der Waals surface area contributed by atoms with Crippen LogP contribution in [0.4, 0.5) is 5.69 Å². The van der Waals surface area contributed by atoms with Crippen molar-refractivity contribution in [2.75, 3.05) is 31.5 Å². The molecule has 2 heterocycles. The molecular formula is C35H32N4O3. The molecule has 4 aromatic carbocycles. The van der Waals surface area contributed by atoms with E-state index in [-0.39, 0.29) is 11.8 Å². The van der Waals surface area contributed by atoms with Crippen LogP contribution in [0.25, 0.3) is 32.9 Å². The molecule has 0 aliphatic carbocycles. The quantitative estimate of drug-likeness (QED) is 0.233. The lowest BCUT2D eigenvalue weighted by Crippen LogP contribution is -2.39. The van der Waals surface area contributed by atoms with E-state index >= 15 is 0 Å². The van der Waals surface area contributed by atoms with Gasteiger partial charge in [0.25, 0.3) is 5.91 Å². The summed E-state index contributed by atoms with van der Waals surface area (Å²) in [6, 6.07) is 29.7. The molecule has 6 rings (SSSR count). The third-order valence-corrected chi connectivity index (χ3v) is 8.05. The van der Waals surface area contributed by atoms with Gasteiger partial charge in [-0.25, -0.2) is 0 Å². The van der Waals surface area contributed by atoms with Gasteiger partial charge in [0.05, 0.1) is 11.6 Å². The average molecular weight is 557 g/mol. The SMILES string of the molecule is CC(=O)Nc1cccc(C2CCN(CCNC(=O)c3cc4cc(-c5ccc(C#N)cc5)c5ccccc5c4o3)CC2)c1. The Labute approximate surface area is 244 Å². The molecule has 0 radical (unpaired) electrons. The fourth-order valence-electron chi connectivity index (χ4n) is 5.93. The topological polar surface area (TPSA) is 98.4 Å². The molecule has 1 fully saturated rings. The van der Waals surface area contributed by atoms with Crippen molar-refractivity contribution in [2.45, 2.75) is 25.7 Å². The van der Waals surface area contributed by atoms with Crippen LogP contribution < -0.4 is 10.6 Å². The van der Waals surface area contributed by atoms with Crippen molar-refractivity contribution in [3.8, 4) is 17.2 Å². The number of nitrogens with zero attached hydrogens (tertiary/aromatic N) is 2. The fourth-order valence-corrected chi connectivity index (χ4v) is 5.93. The normalized spacial score (nSPS) is 14.1. The van der Waals surface area contributed by atoms with Crippen LogP contribution in [-0.4, -0.2) is 42.9 Å². The monoisotopic (exact) mass is 556 g/mol. The van der Waals surface area contributed by atoms with Crippen molar-refractivity contribution in [1.82, 2.24) is 10.2 Å². The summed E-state index contributed by atoms with van der Waals surface area (Å²) >= 11 is 0. The summed E-state index contributed by atoms with van der Waals surface area (Å²) in [5.41, 5.74) is 5.44. The first-order valence-corrected chi connectivity index (χ1v) is 14.3. The van der Waals surface area contributed by atoms with E-state index in [4.69, 9.17) is 4.42 Å². The van der Waals surface area contributed by atoms with Gasteiger partial charge in [0.1, 0.15) is 5.58 Å². The van der Waals surface area contributed by atoms with Crippen LogP contribution in [0.15, 0.2) is 89.3 Å². The molecule has 1 aliphatic rings. The fraction of sp³-hybridized carbons (Fsp3) is 0.229. The smallest absolute Gasteiger partial charge is 0.287 e. The highest BCUT2D eigenvalue weighted by Crippen LogP contribution is 2.36. The van der Waals surface area contributed by atoms with E-state index in [1.54, 1.807) is 0 Å². The van der Waals surface area contributed by atoms with Gasteiger partial charge >= 0.3 is 0 Å². The first kappa shape index (κ1) is 27.3. The predicted octanol–water partition coefficient (Wildman–Crippen LogP) is 6.69. The Balaban J connectivity index is 1.09. The van der Waals surface area contributed by atoms with E-state index in [2.05, 4.69) is 39.8 Å². The van der Waals surface area contributed by atoms with Gasteiger partial charge in [0.15, 0.2) is 5.76 Å². The molecule has 210 valence electrons. The van der Waals surface area contributed by atoms with Crippen LogP contribution in [0.1, 0.15) is 47.4 Å². The lowest BCUT2D eigenvalue weighted by Gasteiger charge is -2.32. The van der Waals surface area contributed by atoms with Gasteiger partial charge < -0.3 is 20.0 Å². The van der Waals surface area contributed by atoms with Crippen molar-refractivity contribution in [1.29, 1.82) is 5.26 Å². The van der Waals surface area contributed by atoms with Crippen molar-refractivity contribution >= 4 is 39.2 Å². The standard InChI is InChI=1S/C35H32N4O3/c1-23(40)38-29-6-4-5-27(19-29)25-13-16-39(17-14-25)18-15-37-35(41)33-21-28-20-32(26-11-9-24(22-36)10-12-26)30-7-2-3-8-31(30)34(28)42-33/h2-12,19-21,25H,13-18H2,1H3,(H,37,41)(H,38,40). The molecule has 7 heteroatoms. The number of fused-ring (bicyclic) bond motifs is 3. The highest BCUT2D eigenvalue weighted by atomic mass is 16.3. The van der Waals surface area contributed by atoms with Gasteiger partial charge in [0, 0.05) is 36.5 Å². The molecule has 0 unspecified atom stereocenters. The number of anilines is 1. The largest absolute Gasteiger partial charge is 0.450 e. The van der Waals surface area contributed by atoms with Crippen LogP contribution in [0, 0.1) is 11.3 Å². The summed E-state index contributed by atoms with van der Waals surface area (Å²) in [6.45, 7) is 4.75. The molecule has 0 saturated carbocycles. The highest BCUT2D eigenvalue weighted by Gasteiger charge is 2.21.